The van der Waals surface area contributed by atoms with Crippen molar-refractivity contribution in [3.05, 3.63) is 66.2 Å². The number of para-hydroxylation sites is 1. The lowest BCUT2D eigenvalue weighted by atomic mass is 9.99. The van der Waals surface area contributed by atoms with Crippen LogP contribution < -0.4 is 5.32 Å². The molecule has 6 heteroatoms. The first kappa shape index (κ1) is 19.7. The summed E-state index contributed by atoms with van der Waals surface area (Å²) in [6, 6.07) is 19.8. The second-order valence-electron chi connectivity index (χ2n) is 7.36. The highest BCUT2D eigenvalue weighted by Crippen LogP contribution is 2.35. The molecule has 1 N–H and O–H groups in total. The van der Waals surface area contributed by atoms with E-state index in [1.165, 1.54) is 0 Å². The Kier molecular flexibility index (Phi) is 6.00. The van der Waals surface area contributed by atoms with Crippen LogP contribution in [0.25, 0.3) is 0 Å². The molecule has 0 bridgehead atoms. The van der Waals surface area contributed by atoms with E-state index in [0.717, 1.165) is 47.0 Å². The van der Waals surface area contributed by atoms with Gasteiger partial charge in [-0.1, -0.05) is 55.5 Å². The summed E-state index contributed by atoms with van der Waals surface area (Å²) < 4.78 is 0. The fraction of sp³-hybridized carbons (Fsp3) is 0.348. The monoisotopic (exact) mass is 406 g/mol. The van der Waals surface area contributed by atoms with Gasteiger partial charge in [-0.25, -0.2) is 9.79 Å². The molecule has 2 aliphatic rings. The highest BCUT2D eigenvalue weighted by atomic mass is 32.2. The van der Waals surface area contributed by atoms with Crippen molar-refractivity contribution < 1.29 is 4.79 Å². The zero-order chi connectivity index (χ0) is 20.1. The van der Waals surface area contributed by atoms with Gasteiger partial charge in [0.1, 0.15) is 5.04 Å². The molecule has 2 aliphatic heterocycles. The maximum Gasteiger partial charge on any atom is 0.321 e. The van der Waals surface area contributed by atoms with E-state index in [4.69, 9.17) is 9.98 Å². The Morgan fingerprint density at radius 2 is 1.69 bits per heavy atom. The summed E-state index contributed by atoms with van der Waals surface area (Å²) in [6.07, 6.45) is 2.61. The average Bonchev–Trinajstić information content (AvgIpc) is 3.12. The van der Waals surface area contributed by atoms with Gasteiger partial charge in [-0.3, -0.25) is 4.99 Å². The van der Waals surface area contributed by atoms with Crippen LogP contribution >= 0.6 is 11.8 Å². The molecule has 0 saturated carbocycles. The summed E-state index contributed by atoms with van der Waals surface area (Å²) in [5, 5.41) is 4.02. The lowest BCUT2D eigenvalue weighted by Crippen LogP contribution is -2.46. The molecule has 2 aromatic carbocycles. The average molecular weight is 407 g/mol. The van der Waals surface area contributed by atoms with Gasteiger partial charge >= 0.3 is 6.03 Å². The van der Waals surface area contributed by atoms with Crippen LogP contribution in [0.4, 0.5) is 10.5 Å². The molecule has 2 aromatic rings. The number of aliphatic imine (C=N–C) groups is 2. The van der Waals surface area contributed by atoms with Crippen molar-refractivity contribution in [2.24, 2.45) is 9.98 Å². The van der Waals surface area contributed by atoms with E-state index < -0.39 is 5.66 Å². The molecule has 29 heavy (non-hydrogen) atoms. The third kappa shape index (κ3) is 4.53. The molecule has 1 fully saturated rings. The topological polar surface area (TPSA) is 57.1 Å². The van der Waals surface area contributed by atoms with E-state index in [-0.39, 0.29) is 6.03 Å². The predicted octanol–water partition coefficient (Wildman–Crippen LogP) is 5.06. The summed E-state index contributed by atoms with van der Waals surface area (Å²) >= 11 is 1.79. The number of hydrogen-bond donors (Lipinski definition) is 1. The summed E-state index contributed by atoms with van der Waals surface area (Å²) in [4.78, 5) is 24.6. The number of amides is 2. The third-order valence-corrected chi connectivity index (χ3v) is 6.37. The van der Waals surface area contributed by atoms with Gasteiger partial charge in [0.25, 0.3) is 0 Å². The van der Waals surface area contributed by atoms with Crippen LogP contribution in [0.1, 0.15) is 31.7 Å². The SMILES string of the molecule is CCCSC1=NC2(CCN(C(=O)Nc3ccccc3)CC2)N=C1c1ccccc1. The molecule has 0 aliphatic carbocycles. The number of nitrogens with one attached hydrogen (secondary N) is 1. The van der Waals surface area contributed by atoms with Gasteiger partial charge in [0, 0.05) is 37.2 Å². The van der Waals surface area contributed by atoms with Crippen molar-refractivity contribution in [1.29, 1.82) is 0 Å². The van der Waals surface area contributed by atoms with Crippen molar-refractivity contribution in [2.45, 2.75) is 31.8 Å². The minimum Gasteiger partial charge on any atom is -0.324 e. The molecule has 1 saturated heterocycles. The molecule has 0 aromatic heterocycles. The smallest absolute Gasteiger partial charge is 0.321 e. The molecule has 2 amide bonds. The van der Waals surface area contributed by atoms with Crippen LogP contribution in [0.5, 0.6) is 0 Å². The molecule has 1 spiro atoms. The van der Waals surface area contributed by atoms with Gasteiger partial charge in [0.2, 0.25) is 0 Å². The van der Waals surface area contributed by atoms with Crippen molar-refractivity contribution in [1.82, 2.24) is 4.90 Å². The van der Waals surface area contributed by atoms with E-state index in [1.807, 2.05) is 53.4 Å². The lowest BCUT2D eigenvalue weighted by Gasteiger charge is -2.35. The van der Waals surface area contributed by atoms with Gasteiger partial charge in [-0.2, -0.15) is 0 Å². The van der Waals surface area contributed by atoms with Gasteiger partial charge in [-0.15, -0.1) is 11.8 Å². The number of carbonyl (C=O) groups excluding carboxylic acids is 1. The van der Waals surface area contributed by atoms with Crippen molar-refractivity contribution >= 4 is 34.2 Å². The molecule has 5 nitrogen and oxygen atoms in total. The quantitative estimate of drug-likeness (QED) is 0.772. The second kappa shape index (κ2) is 8.82. The molecule has 0 unspecified atom stereocenters. The predicted molar refractivity (Wildman–Crippen MR) is 122 cm³/mol. The van der Waals surface area contributed by atoms with E-state index in [2.05, 4.69) is 24.4 Å². The molecule has 0 radical (unpaired) electrons. The molecule has 150 valence electrons. The maximum atomic E-state index is 12.6. The number of urea groups is 1. The van der Waals surface area contributed by atoms with Gasteiger partial charge < -0.3 is 10.2 Å². The minimum absolute atomic E-state index is 0.0547. The van der Waals surface area contributed by atoms with Crippen molar-refractivity contribution in [2.75, 3.05) is 24.2 Å². The minimum atomic E-state index is -0.426. The number of benzene rings is 2. The van der Waals surface area contributed by atoms with Crippen LogP contribution in [0, 0.1) is 0 Å². The first-order valence-corrected chi connectivity index (χ1v) is 11.2. The number of rotatable bonds is 4. The molecule has 0 atom stereocenters. The first-order valence-electron chi connectivity index (χ1n) is 10.2. The summed E-state index contributed by atoms with van der Waals surface area (Å²) in [5.41, 5.74) is 2.52. The van der Waals surface area contributed by atoms with Crippen molar-refractivity contribution in [3.63, 3.8) is 0 Å². The Morgan fingerprint density at radius 3 is 2.34 bits per heavy atom. The van der Waals surface area contributed by atoms with Gasteiger partial charge in [0.05, 0.1) is 5.71 Å². The Bertz CT molecular complexity index is 903. The summed E-state index contributed by atoms with van der Waals surface area (Å²) in [7, 11) is 0. The number of hydrogen-bond acceptors (Lipinski definition) is 4. The number of anilines is 1. The van der Waals surface area contributed by atoms with Gasteiger partial charge in [0.15, 0.2) is 5.66 Å². The Balaban J connectivity index is 1.47. The first-order chi connectivity index (χ1) is 14.2. The molecule has 4 rings (SSSR count). The molecular formula is C23H26N4OS. The van der Waals surface area contributed by atoms with E-state index in [0.29, 0.717) is 13.1 Å². The Morgan fingerprint density at radius 1 is 1.03 bits per heavy atom. The molecular weight excluding hydrogens is 380 g/mol. The second-order valence-corrected chi connectivity index (χ2v) is 8.44. The number of nitrogens with zero attached hydrogens (tertiary/aromatic N) is 3. The lowest BCUT2D eigenvalue weighted by molar-refractivity contribution is 0.175. The van der Waals surface area contributed by atoms with Crippen LogP contribution in [0.2, 0.25) is 0 Å². The number of carbonyl (C=O) groups is 1. The summed E-state index contributed by atoms with van der Waals surface area (Å²) in [6.45, 7) is 3.49. The largest absolute Gasteiger partial charge is 0.324 e. The van der Waals surface area contributed by atoms with E-state index >= 15 is 0 Å². The third-order valence-electron chi connectivity index (χ3n) is 5.20. The zero-order valence-corrected chi connectivity index (χ0v) is 17.5. The number of thioether (sulfide) groups is 1. The zero-order valence-electron chi connectivity index (χ0n) is 16.7. The highest BCUT2D eigenvalue weighted by Gasteiger charge is 2.40. The highest BCUT2D eigenvalue weighted by molar-refractivity contribution is 8.15. The van der Waals surface area contributed by atoms with Crippen LogP contribution in [0.3, 0.4) is 0 Å². The number of likely N-dealkylation sites (tertiary alicyclic amines) is 1. The summed E-state index contributed by atoms with van der Waals surface area (Å²) in [5.74, 6) is 1.03. The normalized spacial score (nSPS) is 17.8. The maximum absolute atomic E-state index is 12.6. The Hall–Kier alpha value is -2.60. The van der Waals surface area contributed by atoms with Gasteiger partial charge in [-0.05, 0) is 24.3 Å². The van der Waals surface area contributed by atoms with E-state index in [1.54, 1.807) is 11.8 Å². The Labute approximate surface area is 176 Å². The fourth-order valence-electron chi connectivity index (χ4n) is 3.62. The van der Waals surface area contributed by atoms with Crippen LogP contribution in [-0.2, 0) is 0 Å². The molecule has 2 heterocycles. The van der Waals surface area contributed by atoms with E-state index in [9.17, 15) is 4.79 Å². The standard InChI is InChI=1S/C23H26N4OS/c1-2-17-29-21-20(18-9-5-3-6-10-18)25-23(26-21)13-15-27(16-14-23)22(28)24-19-11-7-4-8-12-19/h3-12H,2,13-17H2,1H3,(H,24,28). The van der Waals surface area contributed by atoms with Crippen molar-refractivity contribution in [3.8, 4) is 0 Å². The fourth-order valence-corrected chi connectivity index (χ4v) is 4.55. The van der Waals surface area contributed by atoms with Crippen LogP contribution in [-0.4, -0.2) is 46.2 Å². The number of piperidine rings is 1. The van der Waals surface area contributed by atoms with Crippen LogP contribution in [0.15, 0.2) is 70.6 Å².